The lowest BCUT2D eigenvalue weighted by Gasteiger charge is -2.22. The minimum absolute atomic E-state index is 0.172. The number of carbonyl (C=O) groups is 1. The molecule has 0 spiro atoms. The Bertz CT molecular complexity index is 416. The fraction of sp³-hybridized carbons (Fsp3) is 0.333. The Kier molecular flexibility index (Phi) is 4.45. The summed E-state index contributed by atoms with van der Waals surface area (Å²) in [5.74, 6) is 0.331. The second kappa shape index (κ2) is 5.63. The van der Waals surface area contributed by atoms with Gasteiger partial charge in [0.15, 0.2) is 5.11 Å². The van der Waals surface area contributed by atoms with Gasteiger partial charge < -0.3 is 9.73 Å². The second-order valence-corrected chi connectivity index (χ2v) is 4.95. The summed E-state index contributed by atoms with van der Waals surface area (Å²) in [6.07, 6.45) is 4.49. The van der Waals surface area contributed by atoms with Crippen LogP contribution in [0.1, 0.15) is 26.5 Å². The highest BCUT2D eigenvalue weighted by Gasteiger charge is 2.11. The molecule has 0 aliphatic carbocycles. The number of nitrogens with one attached hydrogen (secondary N) is 2. The summed E-state index contributed by atoms with van der Waals surface area (Å²) in [5, 5.41) is 5.85. The molecule has 0 saturated carbocycles. The Balaban J connectivity index is 2.42. The number of rotatable bonds is 2. The molecule has 1 aromatic heterocycles. The summed E-state index contributed by atoms with van der Waals surface area (Å²) in [4.78, 5) is 11.5. The van der Waals surface area contributed by atoms with Crippen LogP contribution in [0.3, 0.4) is 0 Å². The second-order valence-electron chi connectivity index (χ2n) is 4.54. The molecule has 0 unspecified atom stereocenters. The molecule has 0 atom stereocenters. The van der Waals surface area contributed by atoms with Crippen LogP contribution in [0, 0.1) is 0 Å². The summed E-state index contributed by atoms with van der Waals surface area (Å²) >= 11 is 4.99. The smallest absolute Gasteiger partial charge is 0.250 e. The minimum Gasteiger partial charge on any atom is -0.465 e. The van der Waals surface area contributed by atoms with E-state index in [-0.39, 0.29) is 11.4 Å². The van der Waals surface area contributed by atoms with Crippen LogP contribution in [-0.4, -0.2) is 16.6 Å². The fourth-order valence-corrected chi connectivity index (χ4v) is 1.48. The van der Waals surface area contributed by atoms with E-state index in [1.807, 2.05) is 20.8 Å². The Hall–Kier alpha value is -1.62. The molecule has 0 aliphatic heterocycles. The van der Waals surface area contributed by atoms with E-state index in [0.717, 1.165) is 0 Å². The van der Waals surface area contributed by atoms with Gasteiger partial charge in [0.25, 0.3) is 0 Å². The van der Waals surface area contributed by atoms with E-state index in [2.05, 4.69) is 10.6 Å². The zero-order valence-electron chi connectivity index (χ0n) is 10.1. The molecule has 0 bridgehead atoms. The predicted octanol–water partition coefficient (Wildman–Crippen LogP) is 2.08. The summed E-state index contributed by atoms with van der Waals surface area (Å²) in [7, 11) is 0. The number of hydrogen-bond donors (Lipinski definition) is 2. The van der Waals surface area contributed by atoms with E-state index in [4.69, 9.17) is 16.6 Å². The van der Waals surface area contributed by atoms with Crippen molar-refractivity contribution in [1.82, 2.24) is 10.6 Å². The van der Waals surface area contributed by atoms with Crippen molar-refractivity contribution in [2.24, 2.45) is 0 Å². The molecule has 0 aromatic carbocycles. The van der Waals surface area contributed by atoms with Crippen molar-refractivity contribution in [1.29, 1.82) is 0 Å². The van der Waals surface area contributed by atoms with Gasteiger partial charge in [-0.3, -0.25) is 10.1 Å². The van der Waals surface area contributed by atoms with Gasteiger partial charge in [-0.15, -0.1) is 0 Å². The summed E-state index contributed by atoms with van der Waals surface area (Å²) < 4.78 is 5.05. The van der Waals surface area contributed by atoms with E-state index in [1.54, 1.807) is 24.5 Å². The van der Waals surface area contributed by atoms with Crippen molar-refractivity contribution in [3.8, 4) is 0 Å². The maximum atomic E-state index is 11.5. The van der Waals surface area contributed by atoms with Crippen molar-refractivity contribution in [2.45, 2.75) is 26.3 Å². The third-order valence-electron chi connectivity index (χ3n) is 1.67. The van der Waals surface area contributed by atoms with Crippen LogP contribution in [0.4, 0.5) is 0 Å². The Morgan fingerprint density at radius 1 is 1.47 bits per heavy atom. The van der Waals surface area contributed by atoms with E-state index >= 15 is 0 Å². The third-order valence-corrected chi connectivity index (χ3v) is 1.87. The van der Waals surface area contributed by atoms with Gasteiger partial charge in [-0.25, -0.2) is 0 Å². The highest BCUT2D eigenvalue weighted by Crippen LogP contribution is 2.02. The topological polar surface area (TPSA) is 54.3 Å². The first kappa shape index (κ1) is 13.4. The Labute approximate surface area is 106 Å². The SMILES string of the molecule is CC(C)(C)NC(=S)NC(=O)/C=C/c1ccco1. The van der Waals surface area contributed by atoms with Gasteiger partial charge in [0.05, 0.1) is 6.26 Å². The molecule has 1 amide bonds. The molecule has 0 aliphatic rings. The molecule has 1 heterocycles. The lowest BCUT2D eigenvalue weighted by Crippen LogP contribution is -2.47. The summed E-state index contributed by atoms with van der Waals surface area (Å²) in [5.41, 5.74) is -0.172. The first-order chi connectivity index (χ1) is 7.87. The normalized spacial score (nSPS) is 11.5. The molecule has 0 saturated heterocycles. The zero-order chi connectivity index (χ0) is 12.9. The van der Waals surface area contributed by atoms with E-state index < -0.39 is 0 Å². The van der Waals surface area contributed by atoms with E-state index in [0.29, 0.717) is 10.9 Å². The monoisotopic (exact) mass is 252 g/mol. The third kappa shape index (κ3) is 5.87. The average molecular weight is 252 g/mol. The first-order valence-corrected chi connectivity index (χ1v) is 5.62. The first-order valence-electron chi connectivity index (χ1n) is 5.21. The standard InChI is InChI=1S/C12H16N2O2S/c1-12(2,3)14-11(17)13-10(15)7-6-9-5-4-8-16-9/h4-8H,1-3H3,(H2,13,14,15,17)/b7-6+. The molecule has 92 valence electrons. The van der Waals surface area contributed by atoms with Crippen LogP contribution < -0.4 is 10.6 Å². The van der Waals surface area contributed by atoms with Crippen LogP contribution in [0.5, 0.6) is 0 Å². The van der Waals surface area contributed by atoms with Gasteiger partial charge in [-0.05, 0) is 51.2 Å². The molecular formula is C12H16N2O2S. The maximum absolute atomic E-state index is 11.5. The number of carbonyl (C=O) groups excluding carboxylic acids is 1. The molecule has 0 radical (unpaired) electrons. The Morgan fingerprint density at radius 3 is 2.71 bits per heavy atom. The fourth-order valence-electron chi connectivity index (χ4n) is 1.07. The van der Waals surface area contributed by atoms with Crippen molar-refractivity contribution >= 4 is 29.3 Å². The lowest BCUT2D eigenvalue weighted by molar-refractivity contribution is -0.115. The van der Waals surface area contributed by atoms with E-state index in [1.165, 1.54) is 6.08 Å². The van der Waals surface area contributed by atoms with Crippen LogP contribution in [-0.2, 0) is 4.79 Å². The number of furan rings is 1. The molecule has 5 heteroatoms. The molecule has 4 nitrogen and oxygen atoms in total. The minimum atomic E-state index is -0.289. The highest BCUT2D eigenvalue weighted by molar-refractivity contribution is 7.80. The van der Waals surface area contributed by atoms with Crippen LogP contribution in [0.15, 0.2) is 28.9 Å². The van der Waals surface area contributed by atoms with Crippen LogP contribution >= 0.6 is 12.2 Å². The average Bonchev–Trinajstić information content (AvgIpc) is 2.63. The molecule has 0 fully saturated rings. The number of hydrogen-bond acceptors (Lipinski definition) is 3. The van der Waals surface area contributed by atoms with Crippen molar-refractivity contribution in [3.63, 3.8) is 0 Å². The molecular weight excluding hydrogens is 236 g/mol. The molecule has 1 rings (SSSR count). The number of amides is 1. The Morgan fingerprint density at radius 2 is 2.18 bits per heavy atom. The highest BCUT2D eigenvalue weighted by atomic mass is 32.1. The van der Waals surface area contributed by atoms with Gasteiger partial charge in [0.1, 0.15) is 5.76 Å². The maximum Gasteiger partial charge on any atom is 0.250 e. The molecule has 17 heavy (non-hydrogen) atoms. The molecule has 2 N–H and O–H groups in total. The van der Waals surface area contributed by atoms with Gasteiger partial charge >= 0.3 is 0 Å². The van der Waals surface area contributed by atoms with Gasteiger partial charge in [-0.2, -0.15) is 0 Å². The van der Waals surface area contributed by atoms with Crippen molar-refractivity contribution in [2.75, 3.05) is 0 Å². The molecule has 1 aromatic rings. The van der Waals surface area contributed by atoms with Crippen LogP contribution in [0.25, 0.3) is 6.08 Å². The summed E-state index contributed by atoms with van der Waals surface area (Å²) in [6, 6.07) is 3.51. The van der Waals surface area contributed by atoms with Crippen molar-refractivity contribution < 1.29 is 9.21 Å². The largest absolute Gasteiger partial charge is 0.465 e. The van der Waals surface area contributed by atoms with Gasteiger partial charge in [0.2, 0.25) is 5.91 Å². The number of thiocarbonyl (C=S) groups is 1. The summed E-state index contributed by atoms with van der Waals surface area (Å²) in [6.45, 7) is 5.89. The van der Waals surface area contributed by atoms with Crippen LogP contribution in [0.2, 0.25) is 0 Å². The van der Waals surface area contributed by atoms with E-state index in [9.17, 15) is 4.79 Å². The van der Waals surface area contributed by atoms with Crippen molar-refractivity contribution in [3.05, 3.63) is 30.2 Å². The predicted molar refractivity (Wildman–Crippen MR) is 71.4 cm³/mol. The van der Waals surface area contributed by atoms with Gasteiger partial charge in [0, 0.05) is 11.6 Å². The quantitative estimate of drug-likeness (QED) is 0.625. The lowest BCUT2D eigenvalue weighted by atomic mass is 10.1. The zero-order valence-corrected chi connectivity index (χ0v) is 10.9. The van der Waals surface area contributed by atoms with Gasteiger partial charge in [-0.1, -0.05) is 0 Å².